The van der Waals surface area contributed by atoms with Gasteiger partial charge in [0, 0.05) is 27.7 Å². The maximum absolute atomic E-state index is 12.1. The molecule has 0 amide bonds. The molecule has 0 heterocycles. The highest BCUT2D eigenvalue weighted by Crippen LogP contribution is 2.50. The summed E-state index contributed by atoms with van der Waals surface area (Å²) < 4.78 is 13.6. The fourth-order valence-corrected chi connectivity index (χ4v) is 7.19. The third-order valence-corrected chi connectivity index (χ3v) is 9.49. The molecule has 140 valence electrons. The van der Waals surface area contributed by atoms with Crippen LogP contribution in [0.25, 0.3) is 0 Å². The van der Waals surface area contributed by atoms with Gasteiger partial charge in [-0.15, -0.1) is 0 Å². The molecule has 4 nitrogen and oxygen atoms in total. The van der Waals surface area contributed by atoms with Crippen molar-refractivity contribution in [3.63, 3.8) is 0 Å². The van der Waals surface area contributed by atoms with E-state index in [0.717, 1.165) is 25.3 Å². The van der Waals surface area contributed by atoms with Crippen LogP contribution in [0.3, 0.4) is 0 Å². The number of rotatable bonds is 10. The quantitative estimate of drug-likeness (QED) is 0.393. The summed E-state index contributed by atoms with van der Waals surface area (Å²) in [5.41, 5.74) is -0.423. The maximum atomic E-state index is 12.1. The highest BCUT2D eigenvalue weighted by molar-refractivity contribution is 7.49. The lowest BCUT2D eigenvalue weighted by atomic mass is 9.92. The fourth-order valence-electron chi connectivity index (χ4n) is 3.24. The van der Waals surface area contributed by atoms with Crippen molar-refractivity contribution in [1.29, 1.82) is 0 Å². The van der Waals surface area contributed by atoms with Crippen LogP contribution in [0.4, 0.5) is 0 Å². The molecule has 0 aliphatic rings. The van der Waals surface area contributed by atoms with E-state index in [2.05, 4.69) is 46.2 Å². The van der Waals surface area contributed by atoms with E-state index in [1.807, 2.05) is 13.8 Å². The Kier molecular flexibility index (Phi) is 8.48. The minimum Gasteiger partial charge on any atom is -0.312 e. The average molecular weight is 382 g/mol. The van der Waals surface area contributed by atoms with Crippen LogP contribution in [0, 0.1) is 0 Å². The van der Waals surface area contributed by atoms with Gasteiger partial charge in [0.15, 0.2) is 0 Å². The predicted octanol–water partition coefficient (Wildman–Crippen LogP) is 5.39. The minimum atomic E-state index is -4.26. The summed E-state index contributed by atoms with van der Waals surface area (Å²) in [7, 11) is -6.64. The summed E-state index contributed by atoms with van der Waals surface area (Å²) in [6, 6.07) is 2.15. The SMILES string of the molecule is CC(C)N(C(C)(CCC[Si](C)(C)C)CC[Si](C)(C)C)P(=O)(O)O. The summed E-state index contributed by atoms with van der Waals surface area (Å²) in [5, 5.41) is 0. The smallest absolute Gasteiger partial charge is 0.312 e. The zero-order valence-corrected chi connectivity index (χ0v) is 19.7. The van der Waals surface area contributed by atoms with Gasteiger partial charge in [-0.2, -0.15) is 0 Å². The van der Waals surface area contributed by atoms with Gasteiger partial charge in [-0.25, -0.2) is 9.24 Å². The van der Waals surface area contributed by atoms with Crippen molar-refractivity contribution in [3.8, 4) is 0 Å². The third kappa shape index (κ3) is 9.56. The van der Waals surface area contributed by atoms with Gasteiger partial charge in [0.2, 0.25) is 0 Å². The first-order valence-electron chi connectivity index (χ1n) is 8.83. The summed E-state index contributed by atoms with van der Waals surface area (Å²) in [6.45, 7) is 19.9. The molecule has 0 aliphatic carbocycles. The van der Waals surface area contributed by atoms with Crippen molar-refractivity contribution >= 4 is 23.9 Å². The van der Waals surface area contributed by atoms with E-state index in [1.165, 1.54) is 10.7 Å². The van der Waals surface area contributed by atoms with Gasteiger partial charge in [-0.1, -0.05) is 57.8 Å². The molecule has 0 aliphatic heterocycles. The Balaban J connectivity index is 5.37. The Hall–Kier alpha value is 0.544. The van der Waals surface area contributed by atoms with Crippen LogP contribution in [0.1, 0.15) is 40.0 Å². The number of nitrogens with zero attached hydrogens (tertiary/aromatic N) is 1. The first-order valence-corrected chi connectivity index (χ1v) is 17.8. The summed E-state index contributed by atoms with van der Waals surface area (Å²) in [5.74, 6) is 0. The zero-order chi connectivity index (χ0) is 18.7. The first-order chi connectivity index (χ1) is 9.98. The predicted molar refractivity (Wildman–Crippen MR) is 108 cm³/mol. The summed E-state index contributed by atoms with van der Waals surface area (Å²) >= 11 is 0. The molecule has 0 spiro atoms. The molecule has 0 saturated carbocycles. The monoisotopic (exact) mass is 381 g/mol. The van der Waals surface area contributed by atoms with Gasteiger partial charge in [0.05, 0.1) is 0 Å². The van der Waals surface area contributed by atoms with E-state index in [0.29, 0.717) is 0 Å². The lowest BCUT2D eigenvalue weighted by molar-refractivity contribution is 0.110. The molecule has 0 aromatic rings. The van der Waals surface area contributed by atoms with Crippen LogP contribution in [0.15, 0.2) is 0 Å². The topological polar surface area (TPSA) is 60.8 Å². The van der Waals surface area contributed by atoms with E-state index in [-0.39, 0.29) is 6.04 Å². The van der Waals surface area contributed by atoms with Gasteiger partial charge >= 0.3 is 7.75 Å². The molecule has 0 radical (unpaired) electrons. The van der Waals surface area contributed by atoms with E-state index in [9.17, 15) is 14.4 Å². The molecule has 0 aromatic carbocycles. The molecular formula is C16H40NO3PSi2. The second-order valence-corrected chi connectivity index (χ2v) is 22.6. The van der Waals surface area contributed by atoms with Crippen molar-refractivity contribution in [2.24, 2.45) is 0 Å². The minimum absolute atomic E-state index is 0.158. The molecule has 7 heteroatoms. The van der Waals surface area contributed by atoms with E-state index in [1.54, 1.807) is 0 Å². The van der Waals surface area contributed by atoms with Crippen LogP contribution in [0.2, 0.25) is 51.4 Å². The number of hydrogen-bond acceptors (Lipinski definition) is 1. The van der Waals surface area contributed by atoms with Crippen LogP contribution in [-0.2, 0) is 4.57 Å². The van der Waals surface area contributed by atoms with E-state index >= 15 is 0 Å². The van der Waals surface area contributed by atoms with Crippen LogP contribution < -0.4 is 0 Å². The van der Waals surface area contributed by atoms with Crippen molar-refractivity contribution in [2.45, 2.75) is 103 Å². The van der Waals surface area contributed by atoms with E-state index < -0.39 is 29.4 Å². The standard InChI is InChI=1S/C16H40NO3PSi2/c1-15(2)17(21(18,19)20)16(3,12-14-23(7,8)9)11-10-13-22(4,5)6/h15H,10-14H2,1-9H3,(H2,18,19,20). The second-order valence-electron chi connectivity index (χ2n) is 9.92. The maximum Gasteiger partial charge on any atom is 0.403 e. The first kappa shape index (κ1) is 23.5. The van der Waals surface area contributed by atoms with Crippen molar-refractivity contribution in [1.82, 2.24) is 4.67 Å². The van der Waals surface area contributed by atoms with E-state index in [4.69, 9.17) is 0 Å². The largest absolute Gasteiger partial charge is 0.403 e. The molecule has 1 unspecified atom stereocenters. The Morgan fingerprint density at radius 3 is 1.70 bits per heavy atom. The molecular weight excluding hydrogens is 341 g/mol. The zero-order valence-electron chi connectivity index (χ0n) is 16.8. The van der Waals surface area contributed by atoms with Gasteiger partial charge in [-0.05, 0) is 33.6 Å². The lowest BCUT2D eigenvalue weighted by Crippen LogP contribution is -2.48. The fraction of sp³-hybridized carbons (Fsp3) is 1.00. The van der Waals surface area contributed by atoms with Gasteiger partial charge in [0.1, 0.15) is 0 Å². The van der Waals surface area contributed by atoms with Gasteiger partial charge in [-0.3, -0.25) is 0 Å². The van der Waals surface area contributed by atoms with Gasteiger partial charge in [0.25, 0.3) is 0 Å². The Labute approximate surface area is 146 Å². The molecule has 2 N–H and O–H groups in total. The highest BCUT2D eigenvalue weighted by atomic mass is 31.2. The highest BCUT2D eigenvalue weighted by Gasteiger charge is 2.43. The second kappa shape index (κ2) is 8.28. The molecule has 0 fully saturated rings. The Bertz CT molecular complexity index is 413. The summed E-state index contributed by atoms with van der Waals surface area (Å²) in [6.07, 6.45) is 2.80. The van der Waals surface area contributed by atoms with Crippen molar-refractivity contribution in [2.75, 3.05) is 0 Å². The van der Waals surface area contributed by atoms with Crippen LogP contribution >= 0.6 is 7.75 Å². The normalized spacial score (nSPS) is 16.9. The Morgan fingerprint density at radius 1 is 0.957 bits per heavy atom. The Morgan fingerprint density at radius 2 is 1.39 bits per heavy atom. The van der Waals surface area contributed by atoms with Crippen molar-refractivity contribution in [3.05, 3.63) is 0 Å². The van der Waals surface area contributed by atoms with Crippen LogP contribution in [0.5, 0.6) is 0 Å². The third-order valence-electron chi connectivity index (χ3n) is 4.38. The molecule has 0 rings (SSSR count). The molecule has 1 atom stereocenters. The molecule has 0 bridgehead atoms. The van der Waals surface area contributed by atoms with Crippen molar-refractivity contribution < 1.29 is 14.4 Å². The lowest BCUT2D eigenvalue weighted by Gasteiger charge is -2.45. The van der Waals surface area contributed by atoms with Crippen LogP contribution in [-0.4, -0.2) is 42.2 Å². The average Bonchev–Trinajstić information content (AvgIpc) is 2.20. The number of hydrogen-bond donors (Lipinski definition) is 2. The summed E-state index contributed by atoms with van der Waals surface area (Å²) in [4.78, 5) is 19.9. The van der Waals surface area contributed by atoms with Gasteiger partial charge < -0.3 is 9.79 Å². The molecule has 0 aromatic heterocycles. The molecule has 0 saturated heterocycles. The molecule has 23 heavy (non-hydrogen) atoms.